The van der Waals surface area contributed by atoms with Crippen molar-refractivity contribution in [1.29, 1.82) is 0 Å². The molecule has 0 heterocycles. The van der Waals surface area contributed by atoms with Crippen LogP contribution in [0.1, 0.15) is 13.3 Å². The third kappa shape index (κ3) is 7.71. The number of hydrogen-bond acceptors (Lipinski definition) is 2. The lowest BCUT2D eigenvalue weighted by atomic mass is 10.3. The maximum absolute atomic E-state index is 8.91. The average molecular weight is 508 g/mol. The summed E-state index contributed by atoms with van der Waals surface area (Å²) in [5.41, 5.74) is 0. The van der Waals surface area contributed by atoms with E-state index in [1.165, 1.54) is 0 Å². The van der Waals surface area contributed by atoms with E-state index in [-0.39, 0.29) is 0 Å². The van der Waals surface area contributed by atoms with E-state index < -0.39 is 0 Å². The van der Waals surface area contributed by atoms with Gasteiger partial charge in [0, 0.05) is 0 Å². The van der Waals surface area contributed by atoms with E-state index in [2.05, 4.69) is 58.2 Å². The number of rotatable bonds is 4. The van der Waals surface area contributed by atoms with Gasteiger partial charge in [-0.05, 0) is 75.9 Å². The quantitative estimate of drug-likeness (QED) is 0.429. The Morgan fingerprint density at radius 3 is 2.10 bits per heavy atom. The first-order chi connectivity index (χ1) is 10.1. The molecule has 2 aromatic rings. The molecule has 0 aromatic heterocycles. The van der Waals surface area contributed by atoms with Crippen LogP contribution < -0.4 is 4.74 Å². The highest BCUT2D eigenvalue weighted by Gasteiger charge is 1.95. The van der Waals surface area contributed by atoms with Gasteiger partial charge >= 0.3 is 0 Å². The van der Waals surface area contributed by atoms with Crippen LogP contribution in [0.25, 0.3) is 0 Å². The number of benzene rings is 2. The molecule has 0 amide bonds. The van der Waals surface area contributed by atoms with Crippen LogP contribution in [0.3, 0.4) is 0 Å². The summed E-state index contributed by atoms with van der Waals surface area (Å²) in [5, 5.41) is 8.91. The second-order valence-corrected chi connectivity index (χ2v) is 6.40. The Bertz CT molecular complexity index is 547. The number of ether oxygens (including phenoxy) is 1. The predicted molar refractivity (Wildman–Crippen MR) is 105 cm³/mol. The molecule has 2 rings (SSSR count). The largest absolute Gasteiger partial charge is 0.507 e. The highest BCUT2D eigenvalue weighted by molar-refractivity contribution is 14.1. The Hall–Kier alpha value is -0.760. The molecule has 2 nitrogen and oxygen atoms in total. The lowest BCUT2D eigenvalue weighted by Crippen LogP contribution is -1.94. The Labute approximate surface area is 153 Å². The zero-order valence-electron chi connectivity index (χ0n) is 11.8. The van der Waals surface area contributed by atoms with E-state index in [4.69, 9.17) is 9.84 Å². The smallest absolute Gasteiger partial charge is 0.133 e. The number of allylic oxidation sites excluding steroid dienone is 1. The van der Waals surface area contributed by atoms with Crippen molar-refractivity contribution >= 4 is 45.2 Å². The van der Waals surface area contributed by atoms with Crippen LogP contribution >= 0.6 is 45.2 Å². The standard InChI is InChI=1S/C11H13IO.C6H5IO/c1-2-3-6-9-13-11-8-5-4-7-10(11)12;7-5-3-1-2-4-6(5)8/h3-8H,2,9H2,1H3;1-4,8H. The van der Waals surface area contributed by atoms with Gasteiger partial charge in [-0.25, -0.2) is 0 Å². The van der Waals surface area contributed by atoms with Crippen LogP contribution in [0.5, 0.6) is 11.5 Å². The first-order valence-corrected chi connectivity index (χ1v) is 8.76. The highest BCUT2D eigenvalue weighted by Crippen LogP contribution is 2.19. The van der Waals surface area contributed by atoms with E-state index in [9.17, 15) is 0 Å². The van der Waals surface area contributed by atoms with Crippen LogP contribution in [0.2, 0.25) is 0 Å². The summed E-state index contributed by atoms with van der Waals surface area (Å²) in [6.45, 7) is 2.77. The van der Waals surface area contributed by atoms with Crippen molar-refractivity contribution in [3.05, 3.63) is 67.8 Å². The summed E-state index contributed by atoms with van der Waals surface area (Å²) in [7, 11) is 0. The molecule has 0 bridgehead atoms. The minimum atomic E-state index is 0.355. The number of hydrogen-bond donors (Lipinski definition) is 1. The molecule has 0 spiro atoms. The maximum atomic E-state index is 8.91. The van der Waals surface area contributed by atoms with Crippen molar-refractivity contribution in [1.82, 2.24) is 0 Å². The van der Waals surface area contributed by atoms with Crippen LogP contribution in [0.15, 0.2) is 60.7 Å². The van der Waals surface area contributed by atoms with Crippen LogP contribution in [-0.2, 0) is 0 Å². The van der Waals surface area contributed by atoms with Crippen molar-refractivity contribution in [2.24, 2.45) is 0 Å². The van der Waals surface area contributed by atoms with Crippen molar-refractivity contribution in [3.63, 3.8) is 0 Å². The predicted octanol–water partition coefficient (Wildman–Crippen LogP) is 5.63. The Morgan fingerprint density at radius 1 is 0.952 bits per heavy atom. The first-order valence-electron chi connectivity index (χ1n) is 6.61. The van der Waals surface area contributed by atoms with Gasteiger partial charge in [0.05, 0.1) is 7.14 Å². The summed E-state index contributed by atoms with van der Waals surface area (Å²) >= 11 is 4.35. The summed E-state index contributed by atoms with van der Waals surface area (Å²) < 4.78 is 7.60. The first kappa shape index (κ1) is 18.3. The number of phenolic OH excluding ortho intramolecular Hbond substituents is 1. The molecule has 2 aromatic carbocycles. The molecule has 0 aliphatic carbocycles. The van der Waals surface area contributed by atoms with Crippen LogP contribution in [0, 0.1) is 7.14 Å². The number of para-hydroxylation sites is 2. The lowest BCUT2D eigenvalue weighted by molar-refractivity contribution is 0.360. The molecular weight excluding hydrogens is 490 g/mol. The molecule has 0 atom stereocenters. The second-order valence-electron chi connectivity index (χ2n) is 4.07. The van der Waals surface area contributed by atoms with Gasteiger partial charge in [0.25, 0.3) is 0 Å². The molecule has 0 aliphatic rings. The third-order valence-corrected chi connectivity index (χ3v) is 4.23. The van der Waals surface area contributed by atoms with Gasteiger partial charge in [0.2, 0.25) is 0 Å². The fraction of sp³-hybridized carbons (Fsp3) is 0.176. The van der Waals surface area contributed by atoms with Gasteiger partial charge in [-0.1, -0.05) is 43.3 Å². The summed E-state index contributed by atoms with van der Waals surface area (Å²) in [6.07, 6.45) is 5.22. The number of halogens is 2. The van der Waals surface area contributed by atoms with Crippen molar-refractivity contribution in [3.8, 4) is 11.5 Å². The van der Waals surface area contributed by atoms with Crippen molar-refractivity contribution < 1.29 is 9.84 Å². The number of phenols is 1. The molecule has 0 saturated carbocycles. The fourth-order valence-corrected chi connectivity index (χ4v) is 2.32. The van der Waals surface area contributed by atoms with Crippen LogP contribution in [0.4, 0.5) is 0 Å². The third-order valence-electron chi connectivity index (χ3n) is 2.43. The van der Waals surface area contributed by atoms with Crippen molar-refractivity contribution in [2.75, 3.05) is 6.61 Å². The van der Waals surface area contributed by atoms with Gasteiger partial charge in [-0.2, -0.15) is 0 Å². The van der Waals surface area contributed by atoms with Gasteiger partial charge in [0.15, 0.2) is 0 Å². The molecule has 0 radical (unpaired) electrons. The normalized spacial score (nSPS) is 10.0. The molecule has 4 heteroatoms. The molecule has 112 valence electrons. The summed E-state index contributed by atoms with van der Waals surface area (Å²) in [6, 6.07) is 15.2. The lowest BCUT2D eigenvalue weighted by Gasteiger charge is -2.04. The Kier molecular flexibility index (Phi) is 9.49. The minimum absolute atomic E-state index is 0.355. The molecule has 0 saturated heterocycles. The molecular formula is C17H18I2O2. The Morgan fingerprint density at radius 2 is 1.57 bits per heavy atom. The summed E-state index contributed by atoms with van der Waals surface area (Å²) in [4.78, 5) is 0. The topological polar surface area (TPSA) is 29.5 Å². The van der Waals surface area contributed by atoms with E-state index in [0.29, 0.717) is 12.4 Å². The summed E-state index contributed by atoms with van der Waals surface area (Å²) in [5.74, 6) is 1.32. The molecule has 0 aliphatic heterocycles. The molecule has 0 unspecified atom stereocenters. The zero-order chi connectivity index (χ0) is 15.5. The minimum Gasteiger partial charge on any atom is -0.507 e. The Balaban J connectivity index is 0.000000235. The van der Waals surface area contributed by atoms with E-state index in [1.807, 2.05) is 42.5 Å². The maximum Gasteiger partial charge on any atom is 0.133 e. The van der Waals surface area contributed by atoms with E-state index >= 15 is 0 Å². The SMILES string of the molecule is CCC=CCOc1ccccc1I.Oc1ccccc1I. The number of aromatic hydroxyl groups is 1. The van der Waals surface area contributed by atoms with E-state index in [0.717, 1.165) is 19.3 Å². The van der Waals surface area contributed by atoms with Crippen LogP contribution in [-0.4, -0.2) is 11.7 Å². The van der Waals surface area contributed by atoms with Gasteiger partial charge in [-0.3, -0.25) is 0 Å². The molecule has 21 heavy (non-hydrogen) atoms. The van der Waals surface area contributed by atoms with Gasteiger partial charge in [0.1, 0.15) is 18.1 Å². The fourth-order valence-electron chi connectivity index (χ4n) is 1.39. The van der Waals surface area contributed by atoms with Crippen molar-refractivity contribution in [2.45, 2.75) is 13.3 Å². The van der Waals surface area contributed by atoms with Gasteiger partial charge in [-0.15, -0.1) is 0 Å². The van der Waals surface area contributed by atoms with E-state index in [1.54, 1.807) is 12.1 Å². The second kappa shape index (κ2) is 10.9. The molecule has 0 fully saturated rings. The highest BCUT2D eigenvalue weighted by atomic mass is 127. The zero-order valence-corrected chi connectivity index (χ0v) is 16.1. The molecule has 1 N–H and O–H groups in total. The van der Waals surface area contributed by atoms with Gasteiger partial charge < -0.3 is 9.84 Å². The monoisotopic (exact) mass is 508 g/mol. The average Bonchev–Trinajstić information content (AvgIpc) is 2.49.